The lowest BCUT2D eigenvalue weighted by Gasteiger charge is -2.12. The van der Waals surface area contributed by atoms with Crippen LogP contribution in [-0.2, 0) is 17.8 Å². The van der Waals surface area contributed by atoms with E-state index in [1.54, 1.807) is 16.4 Å². The molecule has 0 aliphatic carbocycles. The Bertz CT molecular complexity index is 998. The number of fused-ring (bicyclic) bond motifs is 1. The van der Waals surface area contributed by atoms with E-state index in [0.717, 1.165) is 17.9 Å². The minimum absolute atomic E-state index is 0.0185. The van der Waals surface area contributed by atoms with Crippen molar-refractivity contribution in [2.24, 2.45) is 0 Å². The molecule has 1 N–H and O–H groups in total. The molecule has 5 nitrogen and oxygen atoms in total. The van der Waals surface area contributed by atoms with Gasteiger partial charge in [0.05, 0.1) is 12.2 Å². The number of amides is 1. The Morgan fingerprint density at radius 1 is 1.21 bits per heavy atom. The number of rotatable bonds is 7. The normalized spacial score (nSPS) is 15.0. The van der Waals surface area contributed by atoms with Gasteiger partial charge >= 0.3 is 0 Å². The highest BCUT2D eigenvalue weighted by Crippen LogP contribution is 2.33. The quantitative estimate of drug-likeness (QED) is 0.600. The molecule has 29 heavy (non-hydrogen) atoms. The first-order chi connectivity index (χ1) is 14.1. The van der Waals surface area contributed by atoms with Crippen LogP contribution in [0.3, 0.4) is 0 Å². The molecule has 1 aliphatic rings. The summed E-state index contributed by atoms with van der Waals surface area (Å²) in [5.41, 5.74) is 4.56. The summed E-state index contributed by atoms with van der Waals surface area (Å²) in [4.78, 5) is 13.4. The summed E-state index contributed by atoms with van der Waals surface area (Å²) < 4.78 is 7.81. The molecule has 2 heterocycles. The van der Waals surface area contributed by atoms with Crippen molar-refractivity contribution in [1.82, 2.24) is 15.1 Å². The maximum atomic E-state index is 12.1. The highest BCUT2D eigenvalue weighted by Gasteiger charge is 2.23. The monoisotopic (exact) mass is 407 g/mol. The van der Waals surface area contributed by atoms with Crippen molar-refractivity contribution in [3.05, 3.63) is 66.0 Å². The van der Waals surface area contributed by atoms with Crippen LogP contribution in [0.5, 0.6) is 5.75 Å². The molecule has 0 radical (unpaired) electrons. The number of thioether (sulfide) groups is 1. The van der Waals surface area contributed by atoms with Crippen LogP contribution in [0, 0.1) is 6.92 Å². The summed E-state index contributed by atoms with van der Waals surface area (Å²) in [5, 5.41) is 7.29. The number of hydrogen-bond donors (Lipinski definition) is 1. The van der Waals surface area contributed by atoms with Gasteiger partial charge in [0.25, 0.3) is 0 Å². The van der Waals surface area contributed by atoms with Crippen LogP contribution in [0.1, 0.15) is 17.7 Å². The second-order valence-electron chi connectivity index (χ2n) is 7.27. The minimum Gasteiger partial charge on any atom is -0.488 e. The Kier molecular flexibility index (Phi) is 5.90. The number of nitrogens with one attached hydrogen (secondary N) is 1. The van der Waals surface area contributed by atoms with Crippen LogP contribution >= 0.6 is 11.8 Å². The van der Waals surface area contributed by atoms with Gasteiger partial charge < -0.3 is 10.1 Å². The molecule has 2 aromatic carbocycles. The largest absolute Gasteiger partial charge is 0.488 e. The van der Waals surface area contributed by atoms with E-state index in [1.807, 2.05) is 25.3 Å². The molecule has 0 bridgehead atoms. The van der Waals surface area contributed by atoms with Crippen molar-refractivity contribution < 1.29 is 9.53 Å². The van der Waals surface area contributed by atoms with E-state index in [2.05, 4.69) is 53.1 Å². The van der Waals surface area contributed by atoms with E-state index in [1.165, 1.54) is 21.6 Å². The molecule has 150 valence electrons. The Hall–Kier alpha value is -2.73. The van der Waals surface area contributed by atoms with Crippen molar-refractivity contribution >= 4 is 17.7 Å². The van der Waals surface area contributed by atoms with Gasteiger partial charge in [0.15, 0.2) is 0 Å². The summed E-state index contributed by atoms with van der Waals surface area (Å²) in [6, 6.07) is 16.9. The number of hydrogen-bond acceptors (Lipinski definition) is 4. The molecular weight excluding hydrogens is 382 g/mol. The number of carbonyl (C=O) groups is 1. The van der Waals surface area contributed by atoms with E-state index in [4.69, 9.17) is 4.74 Å². The lowest BCUT2D eigenvalue weighted by Crippen LogP contribution is -2.34. The predicted octanol–water partition coefficient (Wildman–Crippen LogP) is 4.09. The number of aromatic nitrogens is 2. The Morgan fingerprint density at radius 2 is 2.00 bits per heavy atom. The molecule has 0 fully saturated rings. The van der Waals surface area contributed by atoms with Gasteiger partial charge in [-0.25, -0.2) is 0 Å². The predicted molar refractivity (Wildman–Crippen MR) is 116 cm³/mol. The summed E-state index contributed by atoms with van der Waals surface area (Å²) >= 11 is 1.74. The van der Waals surface area contributed by atoms with E-state index >= 15 is 0 Å². The molecule has 3 aromatic rings. The van der Waals surface area contributed by atoms with Crippen molar-refractivity contribution in [2.45, 2.75) is 37.3 Å². The van der Waals surface area contributed by atoms with Gasteiger partial charge in [-0.05, 0) is 60.2 Å². The zero-order valence-corrected chi connectivity index (χ0v) is 17.5. The molecule has 6 heteroatoms. The van der Waals surface area contributed by atoms with Gasteiger partial charge in [-0.2, -0.15) is 5.10 Å². The molecular formula is C23H25N3O2S. The zero-order chi connectivity index (χ0) is 20.2. The van der Waals surface area contributed by atoms with Crippen molar-refractivity contribution in [3.63, 3.8) is 0 Å². The highest BCUT2D eigenvalue weighted by molar-refractivity contribution is 7.98. The Morgan fingerprint density at radius 3 is 2.72 bits per heavy atom. The molecule has 1 aromatic heterocycles. The van der Waals surface area contributed by atoms with E-state index in [-0.39, 0.29) is 12.0 Å². The standard InChI is InChI=1S/C23H25N3O2S/c1-16-9-11-26(25-16)12-10-23(27)24-15-20-14-19-13-18(5-8-22(19)28-20)17-3-6-21(29-2)7-4-17/h3-9,11,13,20H,10,12,14-15H2,1-2H3,(H,24,27)/t20-/m1/s1. The van der Waals surface area contributed by atoms with E-state index < -0.39 is 0 Å². The average Bonchev–Trinajstić information content (AvgIpc) is 3.35. The molecule has 0 saturated heterocycles. The molecule has 0 saturated carbocycles. The summed E-state index contributed by atoms with van der Waals surface area (Å²) in [6.07, 6.45) is 5.18. The second kappa shape index (κ2) is 8.74. The number of carbonyl (C=O) groups excluding carboxylic acids is 1. The van der Waals surface area contributed by atoms with Crippen LogP contribution in [0.4, 0.5) is 0 Å². The third-order valence-corrected chi connectivity index (χ3v) is 5.84. The minimum atomic E-state index is -0.0185. The summed E-state index contributed by atoms with van der Waals surface area (Å²) in [7, 11) is 0. The fourth-order valence-electron chi connectivity index (χ4n) is 3.52. The topological polar surface area (TPSA) is 56.2 Å². The smallest absolute Gasteiger partial charge is 0.221 e. The molecule has 1 atom stereocenters. The van der Waals surface area contributed by atoms with Crippen LogP contribution < -0.4 is 10.1 Å². The maximum Gasteiger partial charge on any atom is 0.221 e. The third-order valence-electron chi connectivity index (χ3n) is 5.09. The Labute approximate surface area is 175 Å². The van der Waals surface area contributed by atoms with Crippen molar-refractivity contribution in [1.29, 1.82) is 0 Å². The summed E-state index contributed by atoms with van der Waals surface area (Å²) in [5.74, 6) is 0.938. The van der Waals surface area contributed by atoms with Crippen LogP contribution in [0.25, 0.3) is 11.1 Å². The third kappa shape index (κ3) is 4.82. The number of aryl methyl sites for hydroxylation is 2. The van der Waals surface area contributed by atoms with Crippen LogP contribution in [0.15, 0.2) is 59.6 Å². The fourth-order valence-corrected chi connectivity index (χ4v) is 3.93. The van der Waals surface area contributed by atoms with E-state index in [0.29, 0.717) is 19.5 Å². The Balaban J connectivity index is 1.30. The zero-order valence-electron chi connectivity index (χ0n) is 16.7. The molecule has 0 unspecified atom stereocenters. The van der Waals surface area contributed by atoms with Crippen molar-refractivity contribution in [2.75, 3.05) is 12.8 Å². The second-order valence-corrected chi connectivity index (χ2v) is 8.15. The number of ether oxygens (including phenoxy) is 1. The SMILES string of the molecule is CSc1ccc(-c2ccc3c(c2)C[C@H](CNC(=O)CCn2ccc(C)n2)O3)cc1. The van der Waals surface area contributed by atoms with Gasteiger partial charge in [-0.3, -0.25) is 9.48 Å². The van der Waals surface area contributed by atoms with Gasteiger partial charge in [-0.15, -0.1) is 11.8 Å². The fraction of sp³-hybridized carbons (Fsp3) is 0.304. The number of benzene rings is 2. The molecule has 0 spiro atoms. The average molecular weight is 408 g/mol. The first-order valence-corrected chi connectivity index (χ1v) is 11.0. The molecule has 4 rings (SSSR count). The maximum absolute atomic E-state index is 12.1. The van der Waals surface area contributed by atoms with Gasteiger partial charge in [-0.1, -0.05) is 18.2 Å². The van der Waals surface area contributed by atoms with Crippen LogP contribution in [0.2, 0.25) is 0 Å². The molecule has 1 aliphatic heterocycles. The first kappa shape index (κ1) is 19.6. The lowest BCUT2D eigenvalue weighted by atomic mass is 10.0. The molecule has 1 amide bonds. The highest BCUT2D eigenvalue weighted by atomic mass is 32.2. The first-order valence-electron chi connectivity index (χ1n) is 9.81. The van der Waals surface area contributed by atoms with Gasteiger partial charge in [0.1, 0.15) is 11.9 Å². The van der Waals surface area contributed by atoms with Gasteiger partial charge in [0.2, 0.25) is 5.91 Å². The van der Waals surface area contributed by atoms with E-state index in [9.17, 15) is 4.79 Å². The summed E-state index contributed by atoms with van der Waals surface area (Å²) in [6.45, 7) is 3.05. The lowest BCUT2D eigenvalue weighted by molar-refractivity contribution is -0.121. The van der Waals surface area contributed by atoms with Crippen molar-refractivity contribution in [3.8, 4) is 16.9 Å². The van der Waals surface area contributed by atoms with Crippen LogP contribution in [-0.4, -0.2) is 34.6 Å². The van der Waals surface area contributed by atoms with Gasteiger partial charge in [0, 0.05) is 30.5 Å². The number of nitrogens with zero attached hydrogens (tertiary/aromatic N) is 2.